The van der Waals surface area contributed by atoms with Crippen LogP contribution in [0.25, 0.3) is 0 Å². The Bertz CT molecular complexity index is 1090. The number of amides is 1. The third-order valence-corrected chi connectivity index (χ3v) is 7.68. The standard InChI is InChI=1S/C25H30N2O7/c1-14-11-34-25(24(31)27(14)20-13-33-22(29)16(20)3)6-8-26(9-7-25)10-21(28)17-4-5-18-19(15(17)2)12-32-23(18)30/h4-5,14,21,28H,6-13H2,1-3H3/t14?,21-/m0/s1. The molecular weight excluding hydrogens is 440 g/mol. The van der Waals surface area contributed by atoms with Crippen molar-refractivity contribution >= 4 is 17.8 Å². The predicted molar refractivity (Wildman–Crippen MR) is 120 cm³/mol. The van der Waals surface area contributed by atoms with E-state index in [1.54, 1.807) is 24.0 Å². The molecule has 34 heavy (non-hydrogen) atoms. The molecule has 0 radical (unpaired) electrons. The van der Waals surface area contributed by atoms with Gasteiger partial charge in [0.05, 0.1) is 35.6 Å². The summed E-state index contributed by atoms with van der Waals surface area (Å²) in [6.45, 7) is 7.90. The predicted octanol–water partition coefficient (Wildman–Crippen LogP) is 1.61. The molecule has 2 atom stereocenters. The van der Waals surface area contributed by atoms with Crippen molar-refractivity contribution < 1.29 is 33.7 Å². The van der Waals surface area contributed by atoms with E-state index < -0.39 is 11.7 Å². The molecule has 0 aromatic heterocycles. The number of esters is 2. The van der Waals surface area contributed by atoms with Gasteiger partial charge in [-0.25, -0.2) is 9.59 Å². The van der Waals surface area contributed by atoms with Crippen LogP contribution in [-0.4, -0.2) is 77.2 Å². The lowest BCUT2D eigenvalue weighted by Crippen LogP contribution is -2.63. The minimum absolute atomic E-state index is 0.113. The summed E-state index contributed by atoms with van der Waals surface area (Å²) in [7, 11) is 0. The molecule has 0 aliphatic carbocycles. The number of ether oxygens (including phenoxy) is 3. The number of morpholine rings is 1. The average Bonchev–Trinajstić information content (AvgIpc) is 3.36. The normalized spacial score (nSPS) is 25.6. The Morgan fingerprint density at radius 3 is 2.47 bits per heavy atom. The van der Waals surface area contributed by atoms with Gasteiger partial charge in [-0.1, -0.05) is 6.07 Å². The van der Waals surface area contributed by atoms with E-state index in [2.05, 4.69) is 4.90 Å². The van der Waals surface area contributed by atoms with Gasteiger partial charge in [0.15, 0.2) is 0 Å². The van der Waals surface area contributed by atoms with E-state index in [-0.39, 0.29) is 37.1 Å². The summed E-state index contributed by atoms with van der Waals surface area (Å²) in [6, 6.07) is 3.35. The maximum absolute atomic E-state index is 13.6. The number of carbonyl (C=O) groups is 3. The van der Waals surface area contributed by atoms with Crippen molar-refractivity contribution in [1.82, 2.24) is 9.80 Å². The molecule has 1 amide bonds. The molecule has 4 heterocycles. The lowest BCUT2D eigenvalue weighted by Gasteiger charge is -2.48. The third-order valence-electron chi connectivity index (χ3n) is 7.68. The average molecular weight is 471 g/mol. The quantitative estimate of drug-likeness (QED) is 0.662. The van der Waals surface area contributed by atoms with E-state index in [4.69, 9.17) is 14.2 Å². The second-order valence-electron chi connectivity index (χ2n) is 9.68. The number of rotatable bonds is 4. The first-order valence-corrected chi connectivity index (χ1v) is 11.8. The zero-order valence-electron chi connectivity index (χ0n) is 19.8. The highest BCUT2D eigenvalue weighted by molar-refractivity contribution is 5.95. The first-order valence-electron chi connectivity index (χ1n) is 11.8. The Morgan fingerprint density at radius 2 is 1.79 bits per heavy atom. The molecule has 4 aliphatic rings. The number of aliphatic hydroxyl groups excluding tert-OH is 1. The van der Waals surface area contributed by atoms with Crippen LogP contribution in [0.15, 0.2) is 23.4 Å². The lowest BCUT2D eigenvalue weighted by atomic mass is 9.86. The number of hydrogen-bond acceptors (Lipinski definition) is 8. The van der Waals surface area contributed by atoms with Crippen molar-refractivity contribution in [2.24, 2.45) is 0 Å². The highest BCUT2D eigenvalue weighted by atomic mass is 16.5. The first kappa shape index (κ1) is 23.0. The maximum Gasteiger partial charge on any atom is 0.338 e. The van der Waals surface area contributed by atoms with Crippen LogP contribution in [-0.2, 0) is 30.4 Å². The highest BCUT2D eigenvalue weighted by Crippen LogP contribution is 2.37. The van der Waals surface area contributed by atoms with Crippen LogP contribution < -0.4 is 0 Å². The number of benzene rings is 1. The molecular formula is C25H30N2O7. The number of cyclic esters (lactones) is 2. The second-order valence-corrected chi connectivity index (χ2v) is 9.68. The molecule has 0 bridgehead atoms. The van der Waals surface area contributed by atoms with Crippen molar-refractivity contribution in [3.63, 3.8) is 0 Å². The molecule has 9 heteroatoms. The topological polar surface area (TPSA) is 106 Å². The number of likely N-dealkylation sites (tertiary alicyclic amines) is 1. The van der Waals surface area contributed by atoms with Gasteiger partial charge in [-0.15, -0.1) is 0 Å². The van der Waals surface area contributed by atoms with Gasteiger partial charge in [0, 0.05) is 25.2 Å². The lowest BCUT2D eigenvalue weighted by molar-refractivity contribution is -0.184. The van der Waals surface area contributed by atoms with Crippen molar-refractivity contribution in [2.75, 3.05) is 32.8 Å². The molecule has 1 aromatic rings. The van der Waals surface area contributed by atoms with Gasteiger partial charge >= 0.3 is 11.9 Å². The molecule has 5 rings (SSSR count). The van der Waals surface area contributed by atoms with E-state index in [1.165, 1.54) is 0 Å². The number of nitrogens with zero attached hydrogens (tertiary/aromatic N) is 2. The Labute approximate surface area is 198 Å². The van der Waals surface area contributed by atoms with Gasteiger partial charge in [-0.2, -0.15) is 0 Å². The van der Waals surface area contributed by atoms with Gasteiger partial charge in [0.25, 0.3) is 5.91 Å². The molecule has 0 saturated carbocycles. The van der Waals surface area contributed by atoms with Gasteiger partial charge in [0.1, 0.15) is 18.8 Å². The number of carbonyl (C=O) groups excluding carboxylic acids is 3. The van der Waals surface area contributed by atoms with E-state index in [0.29, 0.717) is 55.9 Å². The molecule has 1 N–H and O–H groups in total. The summed E-state index contributed by atoms with van der Waals surface area (Å²) in [5, 5.41) is 11.0. The van der Waals surface area contributed by atoms with Crippen LogP contribution >= 0.6 is 0 Å². The largest absolute Gasteiger partial charge is 0.457 e. The zero-order chi connectivity index (χ0) is 24.2. The molecule has 4 aliphatic heterocycles. The summed E-state index contributed by atoms with van der Waals surface area (Å²) in [5.74, 6) is -0.809. The molecule has 1 spiro atoms. The van der Waals surface area contributed by atoms with Crippen molar-refractivity contribution in [1.29, 1.82) is 0 Å². The summed E-state index contributed by atoms with van der Waals surface area (Å²) in [4.78, 5) is 41.1. The molecule has 1 aromatic carbocycles. The van der Waals surface area contributed by atoms with Crippen LogP contribution in [0.5, 0.6) is 0 Å². The number of fused-ring (bicyclic) bond motifs is 1. The van der Waals surface area contributed by atoms with Crippen LogP contribution in [0, 0.1) is 6.92 Å². The maximum atomic E-state index is 13.6. The summed E-state index contributed by atoms with van der Waals surface area (Å²) >= 11 is 0. The minimum atomic E-state index is -0.923. The van der Waals surface area contributed by atoms with Crippen LogP contribution in [0.4, 0.5) is 0 Å². The molecule has 9 nitrogen and oxygen atoms in total. The first-order chi connectivity index (χ1) is 16.2. The zero-order valence-corrected chi connectivity index (χ0v) is 19.8. The van der Waals surface area contributed by atoms with Crippen LogP contribution in [0.2, 0.25) is 0 Å². The third kappa shape index (κ3) is 3.62. The Hall–Kier alpha value is -2.75. The SMILES string of the molecule is CC1=C(N2C(=O)C3(CCN(C[C@H](O)c4ccc5c(c4C)COC5=O)CC3)OCC2C)COC1=O. The van der Waals surface area contributed by atoms with Gasteiger partial charge in [0.2, 0.25) is 0 Å². The van der Waals surface area contributed by atoms with Crippen LogP contribution in [0.3, 0.4) is 0 Å². The molecule has 2 fully saturated rings. The monoisotopic (exact) mass is 470 g/mol. The van der Waals surface area contributed by atoms with Gasteiger partial charge in [-0.05, 0) is 50.8 Å². The van der Waals surface area contributed by atoms with E-state index in [9.17, 15) is 19.5 Å². The van der Waals surface area contributed by atoms with Gasteiger partial charge in [-0.3, -0.25) is 4.79 Å². The Morgan fingerprint density at radius 1 is 1.09 bits per heavy atom. The molecule has 182 valence electrons. The van der Waals surface area contributed by atoms with Gasteiger partial charge < -0.3 is 29.1 Å². The number of piperidine rings is 1. The molecule has 1 unspecified atom stereocenters. The van der Waals surface area contributed by atoms with E-state index in [0.717, 1.165) is 16.7 Å². The van der Waals surface area contributed by atoms with Crippen molar-refractivity contribution in [2.45, 2.75) is 58.0 Å². The van der Waals surface area contributed by atoms with Crippen LogP contribution in [0.1, 0.15) is 59.8 Å². The smallest absolute Gasteiger partial charge is 0.338 e. The van der Waals surface area contributed by atoms with Crippen molar-refractivity contribution in [3.8, 4) is 0 Å². The summed E-state index contributed by atoms with van der Waals surface area (Å²) < 4.78 is 16.4. The number of aliphatic hydroxyl groups is 1. The number of β-amino-alcohol motifs (C(OH)–C–C–N with tert-alkyl or cyclic N) is 1. The second kappa shape index (κ2) is 8.48. The fourth-order valence-electron chi connectivity index (χ4n) is 5.47. The summed E-state index contributed by atoms with van der Waals surface area (Å²) in [5.41, 5.74) is 3.28. The Kier molecular flexibility index (Phi) is 5.74. The minimum Gasteiger partial charge on any atom is -0.457 e. The highest BCUT2D eigenvalue weighted by Gasteiger charge is 2.51. The van der Waals surface area contributed by atoms with Crippen molar-refractivity contribution in [3.05, 3.63) is 45.7 Å². The van der Waals surface area contributed by atoms with E-state index >= 15 is 0 Å². The molecule has 2 saturated heterocycles. The fourth-order valence-corrected chi connectivity index (χ4v) is 5.47. The van der Waals surface area contributed by atoms with E-state index in [1.807, 2.05) is 13.8 Å². The fraction of sp³-hybridized carbons (Fsp3) is 0.560. The Balaban J connectivity index is 1.26. The number of hydrogen-bond donors (Lipinski definition) is 1. The summed E-state index contributed by atoms with van der Waals surface area (Å²) in [6.07, 6.45) is 0.298.